The molecule has 0 aliphatic carbocycles. The van der Waals surface area contributed by atoms with Crippen LogP contribution in [0.5, 0.6) is 0 Å². The van der Waals surface area contributed by atoms with Gasteiger partial charge in [0.25, 0.3) is 0 Å². The van der Waals surface area contributed by atoms with Crippen molar-refractivity contribution in [2.24, 2.45) is 0 Å². The van der Waals surface area contributed by atoms with Crippen molar-refractivity contribution in [3.8, 4) is 0 Å². The van der Waals surface area contributed by atoms with Crippen molar-refractivity contribution in [3.63, 3.8) is 0 Å². The van der Waals surface area contributed by atoms with E-state index in [-0.39, 0.29) is 6.29 Å². The van der Waals surface area contributed by atoms with Crippen LogP contribution in [0.3, 0.4) is 0 Å². The summed E-state index contributed by atoms with van der Waals surface area (Å²) in [4.78, 5) is 11.8. The molecule has 100 valence electrons. The molecule has 0 spiro atoms. The third-order valence-electron chi connectivity index (χ3n) is 2.20. The van der Waals surface area contributed by atoms with Crippen molar-refractivity contribution in [2.75, 3.05) is 19.0 Å². The average molecular weight is 270 g/mol. The van der Waals surface area contributed by atoms with Gasteiger partial charge in [-0.15, -0.1) is 11.8 Å². The molecule has 0 heterocycles. The molecule has 1 N–H and O–H groups in total. The summed E-state index contributed by atoms with van der Waals surface area (Å²) in [5, 5.41) is 9.06. The number of carboxylic acid groups (broad SMARTS) is 1. The standard InChI is InChI=1S/C13H18O4S/c1-3-16-12(17-4-2)9-18-11-8-6-5-7-10(11)13(14)15/h5-8,12H,3-4,9H2,1-2H3,(H,14,15). The van der Waals surface area contributed by atoms with Gasteiger partial charge in [-0.25, -0.2) is 4.79 Å². The fraction of sp³-hybridized carbons (Fsp3) is 0.462. The highest BCUT2D eigenvalue weighted by molar-refractivity contribution is 7.99. The van der Waals surface area contributed by atoms with Crippen molar-refractivity contribution in [2.45, 2.75) is 25.0 Å². The van der Waals surface area contributed by atoms with E-state index < -0.39 is 5.97 Å². The van der Waals surface area contributed by atoms with E-state index in [4.69, 9.17) is 14.6 Å². The lowest BCUT2D eigenvalue weighted by Gasteiger charge is -2.16. The Kier molecular flexibility index (Phi) is 6.78. The number of carboxylic acids is 1. The number of ether oxygens (including phenoxy) is 2. The lowest BCUT2D eigenvalue weighted by molar-refractivity contribution is -0.120. The number of rotatable bonds is 8. The number of aromatic carboxylic acids is 1. The molecule has 0 aliphatic rings. The van der Waals surface area contributed by atoms with Gasteiger partial charge in [0.2, 0.25) is 0 Å². The third kappa shape index (κ3) is 4.68. The second-order valence-electron chi connectivity index (χ2n) is 3.45. The molecular formula is C13H18O4S. The Bertz CT molecular complexity index is 375. The van der Waals surface area contributed by atoms with E-state index in [1.807, 2.05) is 19.9 Å². The van der Waals surface area contributed by atoms with Gasteiger partial charge < -0.3 is 14.6 Å². The minimum Gasteiger partial charge on any atom is -0.478 e. The molecule has 0 atom stereocenters. The topological polar surface area (TPSA) is 55.8 Å². The fourth-order valence-electron chi connectivity index (χ4n) is 1.44. The summed E-state index contributed by atoms with van der Waals surface area (Å²) >= 11 is 1.43. The SMILES string of the molecule is CCOC(CSc1ccccc1C(=O)O)OCC. The first-order valence-electron chi connectivity index (χ1n) is 5.87. The van der Waals surface area contributed by atoms with E-state index in [9.17, 15) is 4.79 Å². The zero-order valence-electron chi connectivity index (χ0n) is 10.6. The first-order valence-corrected chi connectivity index (χ1v) is 6.85. The molecule has 0 fully saturated rings. The first kappa shape index (κ1) is 15.0. The van der Waals surface area contributed by atoms with Gasteiger partial charge in [0, 0.05) is 23.9 Å². The monoisotopic (exact) mass is 270 g/mol. The first-order chi connectivity index (χ1) is 8.69. The number of hydrogen-bond acceptors (Lipinski definition) is 4. The van der Waals surface area contributed by atoms with Crippen LogP contribution in [0.25, 0.3) is 0 Å². The van der Waals surface area contributed by atoms with Crippen LogP contribution in [-0.2, 0) is 9.47 Å². The van der Waals surface area contributed by atoms with Crippen LogP contribution in [-0.4, -0.2) is 36.3 Å². The predicted octanol–water partition coefficient (Wildman–Crippen LogP) is 2.88. The molecule has 0 saturated carbocycles. The molecule has 0 radical (unpaired) electrons. The molecule has 0 aromatic heterocycles. The number of carbonyl (C=O) groups is 1. The summed E-state index contributed by atoms with van der Waals surface area (Å²) in [5.74, 6) is -0.339. The molecule has 18 heavy (non-hydrogen) atoms. The van der Waals surface area contributed by atoms with Crippen molar-refractivity contribution in [1.82, 2.24) is 0 Å². The summed E-state index contributed by atoms with van der Waals surface area (Å²) in [7, 11) is 0. The zero-order chi connectivity index (χ0) is 13.4. The molecule has 0 saturated heterocycles. The maximum atomic E-state index is 11.0. The quantitative estimate of drug-likeness (QED) is 0.581. The molecule has 1 aromatic carbocycles. The molecule has 0 bridgehead atoms. The van der Waals surface area contributed by atoms with Crippen molar-refractivity contribution in [3.05, 3.63) is 29.8 Å². The summed E-state index contributed by atoms with van der Waals surface area (Å²) in [5.41, 5.74) is 0.314. The molecule has 0 aliphatic heterocycles. The summed E-state index contributed by atoms with van der Waals surface area (Å²) in [6.07, 6.45) is -0.299. The molecule has 4 nitrogen and oxygen atoms in total. The third-order valence-corrected chi connectivity index (χ3v) is 3.30. The maximum absolute atomic E-state index is 11.0. The predicted molar refractivity (Wildman–Crippen MR) is 71.2 cm³/mol. The van der Waals surface area contributed by atoms with E-state index in [1.165, 1.54) is 11.8 Å². The lowest BCUT2D eigenvalue weighted by atomic mass is 10.2. The fourth-order valence-corrected chi connectivity index (χ4v) is 2.44. The van der Waals surface area contributed by atoms with E-state index in [0.717, 1.165) is 4.90 Å². The van der Waals surface area contributed by atoms with Crippen LogP contribution in [0, 0.1) is 0 Å². The Labute approximate surface area is 111 Å². The average Bonchev–Trinajstić information content (AvgIpc) is 2.36. The van der Waals surface area contributed by atoms with Gasteiger partial charge in [0.15, 0.2) is 6.29 Å². The summed E-state index contributed by atoms with van der Waals surface area (Å²) < 4.78 is 10.8. The van der Waals surface area contributed by atoms with Crippen LogP contribution in [0.4, 0.5) is 0 Å². The minimum absolute atomic E-state index is 0.299. The van der Waals surface area contributed by atoms with E-state index in [1.54, 1.807) is 18.2 Å². The number of benzene rings is 1. The zero-order valence-corrected chi connectivity index (χ0v) is 11.4. The highest BCUT2D eigenvalue weighted by Crippen LogP contribution is 2.24. The number of thioether (sulfide) groups is 1. The van der Waals surface area contributed by atoms with Crippen LogP contribution < -0.4 is 0 Å². The highest BCUT2D eigenvalue weighted by Gasteiger charge is 2.13. The Morgan fingerprint density at radius 2 is 1.89 bits per heavy atom. The molecule has 0 unspecified atom stereocenters. The normalized spacial score (nSPS) is 10.8. The largest absolute Gasteiger partial charge is 0.478 e. The van der Waals surface area contributed by atoms with Crippen LogP contribution in [0.2, 0.25) is 0 Å². The summed E-state index contributed by atoms with van der Waals surface area (Å²) in [6.45, 7) is 4.96. The van der Waals surface area contributed by atoms with Gasteiger partial charge in [0.05, 0.1) is 5.56 Å². The van der Waals surface area contributed by atoms with E-state index in [0.29, 0.717) is 24.5 Å². The van der Waals surface area contributed by atoms with Crippen molar-refractivity contribution in [1.29, 1.82) is 0 Å². The van der Waals surface area contributed by atoms with Crippen LogP contribution >= 0.6 is 11.8 Å². The van der Waals surface area contributed by atoms with Crippen LogP contribution in [0.1, 0.15) is 24.2 Å². The van der Waals surface area contributed by atoms with Gasteiger partial charge in [-0.1, -0.05) is 12.1 Å². The van der Waals surface area contributed by atoms with Gasteiger partial charge in [-0.3, -0.25) is 0 Å². The molecule has 1 aromatic rings. The maximum Gasteiger partial charge on any atom is 0.336 e. The smallest absolute Gasteiger partial charge is 0.336 e. The number of hydrogen-bond donors (Lipinski definition) is 1. The minimum atomic E-state index is -0.914. The molecular weight excluding hydrogens is 252 g/mol. The second kappa shape index (κ2) is 8.13. The second-order valence-corrected chi connectivity index (χ2v) is 4.51. The van der Waals surface area contributed by atoms with Gasteiger partial charge in [0.1, 0.15) is 0 Å². The molecule has 5 heteroatoms. The van der Waals surface area contributed by atoms with Crippen molar-refractivity contribution < 1.29 is 19.4 Å². The molecule has 1 rings (SSSR count). The Balaban J connectivity index is 2.63. The van der Waals surface area contributed by atoms with Gasteiger partial charge in [-0.2, -0.15) is 0 Å². The summed E-state index contributed by atoms with van der Waals surface area (Å²) in [6, 6.07) is 6.94. The van der Waals surface area contributed by atoms with E-state index in [2.05, 4.69) is 0 Å². The lowest BCUT2D eigenvalue weighted by Crippen LogP contribution is -2.20. The highest BCUT2D eigenvalue weighted by atomic mass is 32.2. The van der Waals surface area contributed by atoms with E-state index >= 15 is 0 Å². The van der Waals surface area contributed by atoms with Crippen molar-refractivity contribution >= 4 is 17.7 Å². The molecule has 0 amide bonds. The van der Waals surface area contributed by atoms with Gasteiger partial charge >= 0.3 is 5.97 Å². The Hall–Kier alpha value is -1.04. The Morgan fingerprint density at radius 3 is 2.44 bits per heavy atom. The van der Waals surface area contributed by atoms with Gasteiger partial charge in [-0.05, 0) is 26.0 Å². The van der Waals surface area contributed by atoms with Crippen LogP contribution in [0.15, 0.2) is 29.2 Å². The Morgan fingerprint density at radius 1 is 1.28 bits per heavy atom.